The van der Waals surface area contributed by atoms with Gasteiger partial charge >= 0.3 is 5.97 Å². The zero-order chi connectivity index (χ0) is 12.8. The molecule has 0 aromatic heterocycles. The molecule has 0 saturated carbocycles. The van der Waals surface area contributed by atoms with E-state index in [9.17, 15) is 9.59 Å². The molecule has 6 heteroatoms. The number of amides is 1. The van der Waals surface area contributed by atoms with Crippen molar-refractivity contribution >= 4 is 11.9 Å². The maximum atomic E-state index is 11.4. The SMILES string of the molecule is CC(C)NC(=O)CCN1CCOC(C(=O)O)C1. The Hall–Kier alpha value is -1.14. The predicted octanol–water partition coefficient (Wildman–Crippen LogP) is -0.313. The van der Waals surface area contributed by atoms with Crippen LogP contribution in [0.5, 0.6) is 0 Å². The van der Waals surface area contributed by atoms with Gasteiger partial charge < -0.3 is 15.2 Å². The molecule has 17 heavy (non-hydrogen) atoms. The van der Waals surface area contributed by atoms with Crippen molar-refractivity contribution in [3.8, 4) is 0 Å². The Bertz CT molecular complexity index is 281. The molecule has 0 aliphatic carbocycles. The van der Waals surface area contributed by atoms with Gasteiger partial charge in [0.25, 0.3) is 0 Å². The average molecular weight is 244 g/mol. The Kier molecular flexibility index (Phi) is 5.37. The Morgan fingerprint density at radius 1 is 1.53 bits per heavy atom. The summed E-state index contributed by atoms with van der Waals surface area (Å²) in [4.78, 5) is 24.1. The average Bonchev–Trinajstić information content (AvgIpc) is 2.26. The fourth-order valence-electron chi connectivity index (χ4n) is 1.71. The fourth-order valence-corrected chi connectivity index (χ4v) is 1.71. The van der Waals surface area contributed by atoms with E-state index in [1.54, 1.807) is 0 Å². The number of ether oxygens (including phenoxy) is 1. The molecule has 1 unspecified atom stereocenters. The highest BCUT2D eigenvalue weighted by atomic mass is 16.5. The van der Waals surface area contributed by atoms with E-state index in [4.69, 9.17) is 9.84 Å². The molecule has 1 rings (SSSR count). The first-order chi connectivity index (χ1) is 7.99. The molecule has 1 aliphatic rings. The lowest BCUT2D eigenvalue weighted by atomic mass is 10.2. The highest BCUT2D eigenvalue weighted by Gasteiger charge is 2.26. The van der Waals surface area contributed by atoms with Gasteiger partial charge in [0.05, 0.1) is 6.61 Å². The van der Waals surface area contributed by atoms with Gasteiger partial charge in [-0.25, -0.2) is 4.79 Å². The number of carbonyl (C=O) groups excluding carboxylic acids is 1. The van der Waals surface area contributed by atoms with Gasteiger partial charge in [-0.15, -0.1) is 0 Å². The van der Waals surface area contributed by atoms with Crippen LogP contribution in [0.3, 0.4) is 0 Å². The Morgan fingerprint density at radius 3 is 2.82 bits per heavy atom. The largest absolute Gasteiger partial charge is 0.479 e. The smallest absolute Gasteiger partial charge is 0.334 e. The van der Waals surface area contributed by atoms with E-state index in [1.165, 1.54) is 0 Å². The maximum Gasteiger partial charge on any atom is 0.334 e. The summed E-state index contributed by atoms with van der Waals surface area (Å²) in [5.74, 6) is -0.945. The predicted molar refractivity (Wildman–Crippen MR) is 61.7 cm³/mol. The van der Waals surface area contributed by atoms with Crippen molar-refractivity contribution in [2.75, 3.05) is 26.2 Å². The molecule has 0 aromatic carbocycles. The lowest BCUT2D eigenvalue weighted by Crippen LogP contribution is -2.47. The van der Waals surface area contributed by atoms with Gasteiger partial charge in [0, 0.05) is 32.1 Å². The Morgan fingerprint density at radius 2 is 2.24 bits per heavy atom. The summed E-state index contributed by atoms with van der Waals surface area (Å²) in [5.41, 5.74) is 0. The molecule has 1 aliphatic heterocycles. The standard InChI is InChI=1S/C11H20N2O4/c1-8(2)12-10(14)3-4-13-5-6-17-9(7-13)11(15)16/h8-9H,3-7H2,1-2H3,(H,12,14)(H,15,16). The molecule has 1 saturated heterocycles. The van der Waals surface area contributed by atoms with Gasteiger partial charge in [0.15, 0.2) is 6.10 Å². The minimum atomic E-state index is -0.943. The molecule has 98 valence electrons. The molecule has 0 spiro atoms. The number of rotatable bonds is 5. The first kappa shape index (κ1) is 13.9. The second-order valence-electron chi connectivity index (χ2n) is 4.47. The van der Waals surface area contributed by atoms with Crippen LogP contribution in [0.15, 0.2) is 0 Å². The lowest BCUT2D eigenvalue weighted by Gasteiger charge is -2.30. The van der Waals surface area contributed by atoms with Crippen molar-refractivity contribution in [2.45, 2.75) is 32.4 Å². The summed E-state index contributed by atoms with van der Waals surface area (Å²) in [7, 11) is 0. The molecule has 1 amide bonds. The van der Waals surface area contributed by atoms with Gasteiger partial charge in [-0.1, -0.05) is 0 Å². The van der Waals surface area contributed by atoms with Gasteiger partial charge in [-0.2, -0.15) is 0 Å². The van der Waals surface area contributed by atoms with E-state index in [0.717, 1.165) is 0 Å². The minimum absolute atomic E-state index is 0.00151. The fraction of sp³-hybridized carbons (Fsp3) is 0.818. The summed E-state index contributed by atoms with van der Waals surface area (Å²) in [6.45, 7) is 5.83. The van der Waals surface area contributed by atoms with Crippen LogP contribution < -0.4 is 5.32 Å². The second-order valence-corrected chi connectivity index (χ2v) is 4.47. The van der Waals surface area contributed by atoms with E-state index in [1.807, 2.05) is 18.7 Å². The van der Waals surface area contributed by atoms with Crippen LogP contribution in [0.4, 0.5) is 0 Å². The zero-order valence-corrected chi connectivity index (χ0v) is 10.3. The third-order valence-corrected chi connectivity index (χ3v) is 2.53. The van der Waals surface area contributed by atoms with Crippen LogP contribution in [0, 0.1) is 0 Å². The van der Waals surface area contributed by atoms with Crippen molar-refractivity contribution in [3.05, 3.63) is 0 Å². The molecule has 0 bridgehead atoms. The number of hydrogen-bond acceptors (Lipinski definition) is 4. The van der Waals surface area contributed by atoms with Gasteiger partial charge in [0.1, 0.15) is 0 Å². The molecule has 6 nitrogen and oxygen atoms in total. The quantitative estimate of drug-likeness (QED) is 0.693. The van der Waals surface area contributed by atoms with E-state index < -0.39 is 12.1 Å². The molecule has 1 heterocycles. The zero-order valence-electron chi connectivity index (χ0n) is 10.3. The van der Waals surface area contributed by atoms with Crippen LogP contribution in [0.25, 0.3) is 0 Å². The van der Waals surface area contributed by atoms with E-state index >= 15 is 0 Å². The van der Waals surface area contributed by atoms with Gasteiger partial charge in [-0.05, 0) is 13.8 Å². The highest BCUT2D eigenvalue weighted by molar-refractivity contribution is 5.76. The second kappa shape index (κ2) is 6.56. The first-order valence-corrected chi connectivity index (χ1v) is 5.85. The Labute approximate surface area is 101 Å². The third-order valence-electron chi connectivity index (χ3n) is 2.53. The van der Waals surface area contributed by atoms with Crippen molar-refractivity contribution in [2.24, 2.45) is 0 Å². The molecule has 0 aromatic rings. The van der Waals surface area contributed by atoms with Crippen molar-refractivity contribution in [1.82, 2.24) is 10.2 Å². The third kappa shape index (κ3) is 5.14. The maximum absolute atomic E-state index is 11.4. The topological polar surface area (TPSA) is 78.9 Å². The van der Waals surface area contributed by atoms with E-state index in [-0.39, 0.29) is 11.9 Å². The molecule has 0 radical (unpaired) electrons. The van der Waals surface area contributed by atoms with Crippen LogP contribution >= 0.6 is 0 Å². The first-order valence-electron chi connectivity index (χ1n) is 5.85. The number of nitrogens with one attached hydrogen (secondary N) is 1. The monoisotopic (exact) mass is 244 g/mol. The van der Waals surface area contributed by atoms with Crippen LogP contribution in [0.2, 0.25) is 0 Å². The van der Waals surface area contributed by atoms with Crippen molar-refractivity contribution in [3.63, 3.8) is 0 Å². The minimum Gasteiger partial charge on any atom is -0.479 e. The van der Waals surface area contributed by atoms with Crippen LogP contribution in [-0.4, -0.2) is 60.3 Å². The number of carboxylic acids is 1. The number of aliphatic carboxylic acids is 1. The lowest BCUT2D eigenvalue weighted by molar-refractivity contribution is -0.156. The number of carbonyl (C=O) groups is 2. The molecule has 1 atom stereocenters. The number of morpholine rings is 1. The molecule has 1 fully saturated rings. The number of hydrogen-bond donors (Lipinski definition) is 2. The summed E-state index contributed by atoms with van der Waals surface area (Å²) < 4.78 is 5.10. The van der Waals surface area contributed by atoms with Gasteiger partial charge in [0.2, 0.25) is 5.91 Å². The van der Waals surface area contributed by atoms with Gasteiger partial charge in [-0.3, -0.25) is 9.69 Å². The van der Waals surface area contributed by atoms with E-state index in [2.05, 4.69) is 5.32 Å². The highest BCUT2D eigenvalue weighted by Crippen LogP contribution is 2.05. The van der Waals surface area contributed by atoms with Crippen LogP contribution in [0.1, 0.15) is 20.3 Å². The normalized spacial score (nSPS) is 21.5. The van der Waals surface area contributed by atoms with Crippen molar-refractivity contribution in [1.29, 1.82) is 0 Å². The summed E-state index contributed by atoms with van der Waals surface area (Å²) in [6.07, 6.45) is -0.373. The summed E-state index contributed by atoms with van der Waals surface area (Å²) in [6, 6.07) is 0.138. The molecular weight excluding hydrogens is 224 g/mol. The van der Waals surface area contributed by atoms with Crippen molar-refractivity contribution < 1.29 is 19.4 Å². The molecule has 2 N–H and O–H groups in total. The van der Waals surface area contributed by atoms with Crippen LogP contribution in [-0.2, 0) is 14.3 Å². The Balaban J connectivity index is 2.27. The molecular formula is C11H20N2O4. The number of carboxylic acid groups (broad SMARTS) is 1. The summed E-state index contributed by atoms with van der Waals surface area (Å²) >= 11 is 0. The number of nitrogens with zero attached hydrogens (tertiary/aromatic N) is 1. The summed E-state index contributed by atoms with van der Waals surface area (Å²) in [5, 5.41) is 11.6. The van der Waals surface area contributed by atoms with E-state index in [0.29, 0.717) is 32.7 Å².